The Morgan fingerprint density at radius 3 is 2.47 bits per heavy atom. The summed E-state index contributed by atoms with van der Waals surface area (Å²) in [6.07, 6.45) is 1.04. The summed E-state index contributed by atoms with van der Waals surface area (Å²) < 4.78 is 0. The van der Waals surface area contributed by atoms with Gasteiger partial charge in [0.25, 0.3) is 0 Å². The van der Waals surface area contributed by atoms with Crippen molar-refractivity contribution in [3.8, 4) is 0 Å². The quantitative estimate of drug-likeness (QED) is 0.837. The summed E-state index contributed by atoms with van der Waals surface area (Å²) in [6, 6.07) is 14.8. The minimum Gasteiger partial charge on any atom is -0.330 e. The van der Waals surface area contributed by atoms with Gasteiger partial charge >= 0.3 is 0 Å². The molecule has 0 saturated heterocycles. The molecule has 0 saturated carbocycles. The molecule has 0 aliphatic carbocycles. The molecule has 2 N–H and O–H groups in total. The molecule has 0 fully saturated rings. The van der Waals surface area contributed by atoms with E-state index in [0.29, 0.717) is 5.92 Å². The molecular formula is C13H15NS. The van der Waals surface area contributed by atoms with Crippen molar-refractivity contribution in [1.29, 1.82) is 0 Å². The maximum Gasteiger partial charge on any atom is 0.00958 e. The Kier molecular flexibility index (Phi) is 3.54. The van der Waals surface area contributed by atoms with Crippen LogP contribution in [0.4, 0.5) is 0 Å². The van der Waals surface area contributed by atoms with Gasteiger partial charge in [0.05, 0.1) is 0 Å². The van der Waals surface area contributed by atoms with Crippen LogP contribution in [0.3, 0.4) is 0 Å². The van der Waals surface area contributed by atoms with Crippen LogP contribution in [-0.2, 0) is 6.42 Å². The molecule has 2 rings (SSSR count). The van der Waals surface area contributed by atoms with Gasteiger partial charge in [0.15, 0.2) is 0 Å². The van der Waals surface area contributed by atoms with Crippen LogP contribution in [0.15, 0.2) is 47.8 Å². The highest BCUT2D eigenvalue weighted by atomic mass is 32.1. The molecule has 78 valence electrons. The van der Waals surface area contributed by atoms with Gasteiger partial charge in [0.1, 0.15) is 0 Å². The van der Waals surface area contributed by atoms with E-state index in [2.05, 4.69) is 41.8 Å². The number of hydrogen-bond acceptors (Lipinski definition) is 2. The van der Waals surface area contributed by atoms with Gasteiger partial charge in [-0.05, 0) is 23.4 Å². The zero-order valence-electron chi connectivity index (χ0n) is 8.60. The fourth-order valence-corrected chi connectivity index (χ4v) is 2.57. The molecule has 2 heteroatoms. The van der Waals surface area contributed by atoms with Crippen LogP contribution in [0.25, 0.3) is 0 Å². The van der Waals surface area contributed by atoms with E-state index in [-0.39, 0.29) is 0 Å². The first kappa shape index (κ1) is 10.4. The van der Waals surface area contributed by atoms with E-state index in [1.165, 1.54) is 10.4 Å². The fraction of sp³-hybridized carbons (Fsp3) is 0.231. The monoisotopic (exact) mass is 217 g/mol. The Bertz CT molecular complexity index is 380. The van der Waals surface area contributed by atoms with E-state index >= 15 is 0 Å². The van der Waals surface area contributed by atoms with E-state index in [4.69, 9.17) is 5.73 Å². The van der Waals surface area contributed by atoms with Gasteiger partial charge in [0, 0.05) is 17.3 Å². The van der Waals surface area contributed by atoms with Crippen LogP contribution in [-0.4, -0.2) is 6.54 Å². The summed E-state index contributed by atoms with van der Waals surface area (Å²) in [4.78, 5) is 1.39. The average molecular weight is 217 g/mol. The summed E-state index contributed by atoms with van der Waals surface area (Å²) >= 11 is 1.79. The van der Waals surface area contributed by atoms with Crippen LogP contribution in [0.1, 0.15) is 16.4 Å². The summed E-state index contributed by atoms with van der Waals surface area (Å²) in [5.74, 6) is 0.465. The number of rotatable bonds is 4. The molecule has 0 aliphatic heterocycles. The summed E-state index contributed by atoms with van der Waals surface area (Å²) in [6.45, 7) is 0.718. The Labute approximate surface area is 94.6 Å². The smallest absolute Gasteiger partial charge is 0.00958 e. The van der Waals surface area contributed by atoms with Crippen molar-refractivity contribution in [2.75, 3.05) is 6.54 Å². The second-order valence-corrected chi connectivity index (χ2v) is 4.62. The highest BCUT2D eigenvalue weighted by Gasteiger charge is 2.10. The van der Waals surface area contributed by atoms with E-state index in [9.17, 15) is 0 Å². The SMILES string of the molecule is NCC(Cc1ccccc1)c1cccs1. The highest BCUT2D eigenvalue weighted by Crippen LogP contribution is 2.23. The Hall–Kier alpha value is -1.12. The third kappa shape index (κ3) is 2.67. The molecule has 2 aromatic rings. The first-order valence-corrected chi connectivity index (χ1v) is 6.05. The maximum atomic E-state index is 5.82. The molecule has 1 aromatic heterocycles. The average Bonchev–Trinajstić information content (AvgIpc) is 2.81. The number of benzene rings is 1. The molecule has 0 spiro atoms. The summed E-state index contributed by atoms with van der Waals surface area (Å²) in [5.41, 5.74) is 7.18. The first-order valence-electron chi connectivity index (χ1n) is 5.17. The van der Waals surface area contributed by atoms with Crippen molar-refractivity contribution in [2.24, 2.45) is 5.73 Å². The molecule has 0 amide bonds. The van der Waals surface area contributed by atoms with Crippen molar-refractivity contribution in [3.05, 3.63) is 58.3 Å². The van der Waals surface area contributed by atoms with Crippen LogP contribution in [0, 0.1) is 0 Å². The first-order chi connectivity index (χ1) is 7.40. The third-order valence-corrected chi connectivity index (χ3v) is 3.59. The predicted molar refractivity (Wildman–Crippen MR) is 66.3 cm³/mol. The lowest BCUT2D eigenvalue weighted by Crippen LogP contribution is -2.13. The summed E-state index contributed by atoms with van der Waals surface area (Å²) in [5, 5.41) is 2.11. The van der Waals surface area contributed by atoms with Crippen molar-refractivity contribution < 1.29 is 0 Å². The number of nitrogens with two attached hydrogens (primary N) is 1. The zero-order chi connectivity index (χ0) is 10.5. The van der Waals surface area contributed by atoms with Gasteiger partial charge in [-0.3, -0.25) is 0 Å². The van der Waals surface area contributed by atoms with Gasteiger partial charge in [-0.1, -0.05) is 36.4 Å². The highest BCUT2D eigenvalue weighted by molar-refractivity contribution is 7.10. The fourth-order valence-electron chi connectivity index (χ4n) is 1.72. The molecule has 1 aromatic carbocycles. The molecule has 1 heterocycles. The molecule has 0 bridgehead atoms. The lowest BCUT2D eigenvalue weighted by atomic mass is 9.98. The largest absolute Gasteiger partial charge is 0.330 e. The molecule has 0 radical (unpaired) electrons. The van der Waals surface area contributed by atoms with Crippen LogP contribution in [0.5, 0.6) is 0 Å². The van der Waals surface area contributed by atoms with Gasteiger partial charge < -0.3 is 5.73 Å². The van der Waals surface area contributed by atoms with Gasteiger partial charge in [0.2, 0.25) is 0 Å². The molecule has 1 nitrogen and oxygen atoms in total. The predicted octanol–water partition coefficient (Wildman–Crippen LogP) is 3.03. The lowest BCUT2D eigenvalue weighted by Gasteiger charge is -2.12. The molecule has 1 atom stereocenters. The van der Waals surface area contributed by atoms with E-state index < -0.39 is 0 Å². The second-order valence-electron chi connectivity index (χ2n) is 3.64. The Morgan fingerprint density at radius 2 is 1.87 bits per heavy atom. The third-order valence-electron chi connectivity index (χ3n) is 2.55. The lowest BCUT2D eigenvalue weighted by molar-refractivity contribution is 0.707. The number of hydrogen-bond donors (Lipinski definition) is 1. The molecule has 0 aliphatic rings. The minimum absolute atomic E-state index is 0.465. The Balaban J connectivity index is 2.10. The maximum absolute atomic E-state index is 5.82. The van der Waals surface area contributed by atoms with Crippen LogP contribution in [0.2, 0.25) is 0 Å². The van der Waals surface area contributed by atoms with Crippen molar-refractivity contribution >= 4 is 11.3 Å². The van der Waals surface area contributed by atoms with Gasteiger partial charge in [-0.15, -0.1) is 11.3 Å². The topological polar surface area (TPSA) is 26.0 Å². The minimum atomic E-state index is 0.465. The van der Waals surface area contributed by atoms with Crippen molar-refractivity contribution in [3.63, 3.8) is 0 Å². The van der Waals surface area contributed by atoms with Crippen molar-refractivity contribution in [2.45, 2.75) is 12.3 Å². The van der Waals surface area contributed by atoms with Crippen LogP contribution >= 0.6 is 11.3 Å². The van der Waals surface area contributed by atoms with Gasteiger partial charge in [-0.25, -0.2) is 0 Å². The van der Waals surface area contributed by atoms with E-state index in [1.807, 2.05) is 6.07 Å². The summed E-state index contributed by atoms with van der Waals surface area (Å²) in [7, 11) is 0. The standard InChI is InChI=1S/C13H15NS/c14-10-12(13-7-4-8-15-13)9-11-5-2-1-3-6-11/h1-8,12H,9-10,14H2. The molecule has 1 unspecified atom stereocenters. The Morgan fingerprint density at radius 1 is 1.07 bits per heavy atom. The van der Waals surface area contributed by atoms with E-state index in [0.717, 1.165) is 13.0 Å². The molecule has 15 heavy (non-hydrogen) atoms. The van der Waals surface area contributed by atoms with Crippen LogP contribution < -0.4 is 5.73 Å². The van der Waals surface area contributed by atoms with Crippen molar-refractivity contribution in [1.82, 2.24) is 0 Å². The second kappa shape index (κ2) is 5.10. The van der Waals surface area contributed by atoms with E-state index in [1.54, 1.807) is 11.3 Å². The van der Waals surface area contributed by atoms with Gasteiger partial charge in [-0.2, -0.15) is 0 Å². The number of thiophene rings is 1. The zero-order valence-corrected chi connectivity index (χ0v) is 9.41. The normalized spacial score (nSPS) is 12.6. The molecular weight excluding hydrogens is 202 g/mol.